The maximum absolute atomic E-state index is 6.69. The summed E-state index contributed by atoms with van der Waals surface area (Å²) in [6.45, 7) is 7.42. The molecule has 0 saturated carbocycles. The van der Waals surface area contributed by atoms with Gasteiger partial charge in [-0.3, -0.25) is 4.57 Å². The van der Waals surface area contributed by atoms with Gasteiger partial charge in [0.25, 0.3) is 0 Å². The molecule has 0 spiro atoms. The second-order valence-corrected chi connectivity index (χ2v) is 15.6. The second-order valence-electron chi connectivity index (χ2n) is 14.6. The zero-order valence-electron chi connectivity index (χ0n) is 29.2. The Morgan fingerprint density at radius 1 is 0.558 bits per heavy atom. The van der Waals surface area contributed by atoms with Gasteiger partial charge in [-0.05, 0) is 83.8 Å². The number of para-hydroxylation sites is 2. The van der Waals surface area contributed by atoms with Crippen molar-refractivity contribution in [2.75, 3.05) is 16.5 Å². The van der Waals surface area contributed by atoms with Crippen molar-refractivity contribution in [1.29, 1.82) is 0 Å². The highest BCUT2D eigenvalue weighted by atomic mass is 32.1. The molecule has 0 fully saturated rings. The standard InChI is InChI=1S/C46H36N4OS/c1-46(2,3)30-22-23-47-45(24-30)50-39-18-9-7-16-35(39)36-21-20-34(26-40(36)50)51-33-15-11-14-32(25-33)49-29-48(31-12-5-4-6-13-31)41-27-38-37-17-8-10-19-43(37)52-44(38)28-42(41)49/h4-28H,29H2,1-3H3. The number of fused-ring (bicyclic) bond motifs is 7. The Hall–Kier alpha value is -6.11. The van der Waals surface area contributed by atoms with E-state index in [9.17, 15) is 0 Å². The van der Waals surface area contributed by atoms with Gasteiger partial charge in [-0.15, -0.1) is 11.3 Å². The summed E-state index contributed by atoms with van der Waals surface area (Å²) in [5.74, 6) is 2.47. The quantitative estimate of drug-likeness (QED) is 0.180. The fraction of sp³-hybridized carbons (Fsp3) is 0.109. The molecule has 5 nitrogen and oxygen atoms in total. The fourth-order valence-electron chi connectivity index (χ4n) is 7.64. The molecule has 0 radical (unpaired) electrons. The summed E-state index contributed by atoms with van der Waals surface area (Å²) in [6, 6.07) is 51.8. The Morgan fingerprint density at radius 2 is 1.27 bits per heavy atom. The monoisotopic (exact) mass is 692 g/mol. The first-order valence-corrected chi connectivity index (χ1v) is 18.5. The number of nitrogens with zero attached hydrogens (tertiary/aromatic N) is 4. The summed E-state index contributed by atoms with van der Waals surface area (Å²) in [5, 5.41) is 4.97. The number of aromatic nitrogens is 2. The minimum absolute atomic E-state index is 0.00754. The van der Waals surface area contributed by atoms with E-state index in [-0.39, 0.29) is 5.41 Å². The minimum Gasteiger partial charge on any atom is -0.457 e. The number of rotatable bonds is 5. The van der Waals surface area contributed by atoms with Crippen LogP contribution < -0.4 is 14.5 Å². The summed E-state index contributed by atoms with van der Waals surface area (Å²) in [7, 11) is 0. The van der Waals surface area contributed by atoms with Gasteiger partial charge in [0.2, 0.25) is 0 Å². The summed E-state index contributed by atoms with van der Waals surface area (Å²) in [5.41, 5.74) is 8.08. The summed E-state index contributed by atoms with van der Waals surface area (Å²) in [6.07, 6.45) is 1.92. The minimum atomic E-state index is 0.00754. The van der Waals surface area contributed by atoms with Crippen LogP contribution in [0.25, 0.3) is 47.8 Å². The van der Waals surface area contributed by atoms with Crippen molar-refractivity contribution in [2.24, 2.45) is 0 Å². The summed E-state index contributed by atoms with van der Waals surface area (Å²) in [4.78, 5) is 9.66. The highest BCUT2D eigenvalue weighted by Crippen LogP contribution is 2.49. The molecule has 0 bridgehead atoms. The van der Waals surface area contributed by atoms with Crippen LogP contribution in [0.3, 0.4) is 0 Å². The smallest absolute Gasteiger partial charge is 0.137 e. The van der Waals surface area contributed by atoms with E-state index in [4.69, 9.17) is 9.72 Å². The largest absolute Gasteiger partial charge is 0.457 e. The molecule has 10 rings (SSSR count). The molecule has 0 atom stereocenters. The first-order chi connectivity index (χ1) is 25.4. The van der Waals surface area contributed by atoms with Gasteiger partial charge in [-0.1, -0.05) is 81.4 Å². The number of ether oxygens (including phenoxy) is 1. The van der Waals surface area contributed by atoms with E-state index >= 15 is 0 Å². The lowest BCUT2D eigenvalue weighted by atomic mass is 9.88. The Kier molecular flexibility index (Phi) is 6.92. The van der Waals surface area contributed by atoms with Crippen molar-refractivity contribution in [1.82, 2.24) is 9.55 Å². The Balaban J connectivity index is 1.05. The van der Waals surface area contributed by atoms with Crippen LogP contribution in [0.4, 0.5) is 22.7 Å². The zero-order chi connectivity index (χ0) is 35.0. The van der Waals surface area contributed by atoms with Gasteiger partial charge in [-0.25, -0.2) is 4.98 Å². The highest BCUT2D eigenvalue weighted by Gasteiger charge is 2.30. The molecule has 3 aromatic heterocycles. The average molecular weight is 693 g/mol. The van der Waals surface area contributed by atoms with Gasteiger partial charge in [0.05, 0.1) is 22.4 Å². The Morgan fingerprint density at radius 3 is 2.13 bits per heavy atom. The number of pyridine rings is 1. The van der Waals surface area contributed by atoms with Crippen molar-refractivity contribution >= 4 is 76.1 Å². The Labute approximate surface area is 306 Å². The lowest BCUT2D eigenvalue weighted by Gasteiger charge is -2.22. The van der Waals surface area contributed by atoms with E-state index in [0.717, 1.165) is 34.0 Å². The third kappa shape index (κ3) is 5.01. The van der Waals surface area contributed by atoms with E-state index in [2.05, 4.69) is 175 Å². The molecule has 0 amide bonds. The van der Waals surface area contributed by atoms with Crippen molar-refractivity contribution in [3.8, 4) is 17.3 Å². The van der Waals surface area contributed by atoms with Crippen LogP contribution in [0, 0.1) is 0 Å². The zero-order valence-corrected chi connectivity index (χ0v) is 30.1. The number of hydrogen-bond acceptors (Lipinski definition) is 5. The van der Waals surface area contributed by atoms with Gasteiger partial charge >= 0.3 is 0 Å². The number of anilines is 4. The van der Waals surface area contributed by atoms with Crippen LogP contribution in [0.15, 0.2) is 152 Å². The highest BCUT2D eigenvalue weighted by molar-refractivity contribution is 7.25. The van der Waals surface area contributed by atoms with Crippen LogP contribution in [-0.4, -0.2) is 16.2 Å². The molecule has 1 aliphatic heterocycles. The van der Waals surface area contributed by atoms with Gasteiger partial charge < -0.3 is 14.5 Å². The molecule has 0 N–H and O–H groups in total. The van der Waals surface area contributed by atoms with E-state index < -0.39 is 0 Å². The maximum Gasteiger partial charge on any atom is 0.137 e. The van der Waals surface area contributed by atoms with Crippen molar-refractivity contribution in [3.05, 3.63) is 157 Å². The first-order valence-electron chi connectivity index (χ1n) is 17.7. The Bertz CT molecular complexity index is 2810. The molecular weight excluding hydrogens is 657 g/mol. The topological polar surface area (TPSA) is 33.5 Å². The van der Waals surface area contributed by atoms with E-state index in [1.165, 1.54) is 53.6 Å². The predicted molar refractivity (Wildman–Crippen MR) is 219 cm³/mol. The molecule has 0 saturated heterocycles. The SMILES string of the molecule is CC(C)(C)c1ccnc(-n2c3ccccc3c3ccc(Oc4cccc(N5CN(c6ccccc6)c6cc7c(cc65)sc5ccccc57)c4)cc32)c1. The first kappa shape index (κ1) is 30.7. The molecule has 4 heterocycles. The van der Waals surface area contributed by atoms with Crippen molar-refractivity contribution in [3.63, 3.8) is 0 Å². The molecule has 9 aromatic rings. The molecule has 6 heteroatoms. The fourth-order valence-corrected chi connectivity index (χ4v) is 8.76. The van der Waals surface area contributed by atoms with Gasteiger partial charge in [0.1, 0.15) is 24.0 Å². The molecular formula is C46H36N4OS. The van der Waals surface area contributed by atoms with Crippen molar-refractivity contribution in [2.45, 2.75) is 26.2 Å². The van der Waals surface area contributed by atoms with E-state index in [0.29, 0.717) is 6.67 Å². The van der Waals surface area contributed by atoms with Crippen LogP contribution in [0.1, 0.15) is 26.3 Å². The van der Waals surface area contributed by atoms with Crippen LogP contribution in [0.2, 0.25) is 0 Å². The molecule has 0 aliphatic carbocycles. The summed E-state index contributed by atoms with van der Waals surface area (Å²) >= 11 is 1.85. The number of benzene rings is 6. The van der Waals surface area contributed by atoms with Crippen LogP contribution in [0.5, 0.6) is 11.5 Å². The van der Waals surface area contributed by atoms with Crippen LogP contribution in [-0.2, 0) is 5.41 Å². The third-order valence-corrected chi connectivity index (χ3v) is 11.4. The van der Waals surface area contributed by atoms with Gasteiger partial charge in [-0.2, -0.15) is 0 Å². The molecule has 6 aromatic carbocycles. The maximum atomic E-state index is 6.69. The van der Waals surface area contributed by atoms with Gasteiger partial charge in [0.15, 0.2) is 0 Å². The van der Waals surface area contributed by atoms with Crippen LogP contribution >= 0.6 is 11.3 Å². The van der Waals surface area contributed by atoms with E-state index in [1.807, 2.05) is 23.6 Å². The van der Waals surface area contributed by atoms with E-state index in [1.54, 1.807) is 0 Å². The van der Waals surface area contributed by atoms with Gasteiger partial charge in [0, 0.05) is 60.6 Å². The number of hydrogen-bond donors (Lipinski definition) is 0. The van der Waals surface area contributed by atoms with Crippen molar-refractivity contribution < 1.29 is 4.74 Å². The summed E-state index contributed by atoms with van der Waals surface area (Å²) < 4.78 is 11.5. The normalized spacial score (nSPS) is 13.1. The lowest BCUT2D eigenvalue weighted by Crippen LogP contribution is -2.23. The second kappa shape index (κ2) is 11.7. The molecule has 52 heavy (non-hydrogen) atoms. The molecule has 252 valence electrons. The molecule has 1 aliphatic rings. The number of thiophene rings is 1. The molecule has 0 unspecified atom stereocenters. The lowest BCUT2D eigenvalue weighted by molar-refractivity contribution is 0.483. The predicted octanol–water partition coefficient (Wildman–Crippen LogP) is 12.9. The average Bonchev–Trinajstić information content (AvgIpc) is 3.83. The third-order valence-electron chi connectivity index (χ3n) is 10.3.